The molecular formula is C15H17N3OS. The second kappa shape index (κ2) is 5.34. The van der Waals surface area contributed by atoms with Crippen LogP contribution in [0.4, 0.5) is 5.69 Å². The van der Waals surface area contributed by atoms with Gasteiger partial charge in [0.05, 0.1) is 5.01 Å². The Morgan fingerprint density at radius 2 is 2.25 bits per heavy atom. The van der Waals surface area contributed by atoms with Crippen molar-refractivity contribution in [2.75, 3.05) is 18.9 Å². The highest BCUT2D eigenvalue weighted by Crippen LogP contribution is 2.22. The molecule has 0 unspecified atom stereocenters. The van der Waals surface area contributed by atoms with Crippen molar-refractivity contribution in [2.45, 2.75) is 19.9 Å². The van der Waals surface area contributed by atoms with E-state index < -0.39 is 0 Å². The maximum atomic E-state index is 12.1. The number of carbonyl (C=O) groups is 1. The molecule has 2 heterocycles. The number of benzene rings is 1. The minimum absolute atomic E-state index is 0.140. The zero-order valence-corrected chi connectivity index (χ0v) is 12.5. The third-order valence-corrected chi connectivity index (χ3v) is 4.29. The van der Waals surface area contributed by atoms with Gasteiger partial charge in [-0.1, -0.05) is 6.07 Å². The molecule has 0 saturated carbocycles. The van der Waals surface area contributed by atoms with Crippen molar-refractivity contribution in [2.24, 2.45) is 0 Å². The van der Waals surface area contributed by atoms with Crippen molar-refractivity contribution in [1.82, 2.24) is 9.88 Å². The van der Waals surface area contributed by atoms with Gasteiger partial charge in [-0.05, 0) is 43.7 Å². The number of hydrogen-bond donors (Lipinski definition) is 1. The standard InChI is InChI=1S/C15H17N3OS/c1-10-16-14(9-20-10)15(19)17-13-4-3-11-5-6-18(2)8-12(11)7-13/h3-4,7,9H,5-6,8H2,1-2H3,(H,17,19). The van der Waals surface area contributed by atoms with E-state index in [-0.39, 0.29) is 5.91 Å². The summed E-state index contributed by atoms with van der Waals surface area (Å²) in [5, 5.41) is 5.62. The van der Waals surface area contributed by atoms with Crippen LogP contribution in [0.2, 0.25) is 0 Å². The van der Waals surface area contributed by atoms with Crippen molar-refractivity contribution in [1.29, 1.82) is 0 Å². The van der Waals surface area contributed by atoms with Gasteiger partial charge < -0.3 is 10.2 Å². The summed E-state index contributed by atoms with van der Waals surface area (Å²) in [7, 11) is 2.12. The average molecular weight is 287 g/mol. The van der Waals surface area contributed by atoms with Crippen molar-refractivity contribution >= 4 is 22.9 Å². The van der Waals surface area contributed by atoms with Crippen LogP contribution in [0.15, 0.2) is 23.6 Å². The number of aryl methyl sites for hydroxylation is 1. The molecule has 1 amide bonds. The Bertz CT molecular complexity index is 650. The van der Waals surface area contributed by atoms with Gasteiger partial charge >= 0.3 is 0 Å². The fraction of sp³-hybridized carbons (Fsp3) is 0.333. The Morgan fingerprint density at radius 3 is 3.00 bits per heavy atom. The summed E-state index contributed by atoms with van der Waals surface area (Å²) in [6.45, 7) is 3.93. The molecule has 0 fully saturated rings. The fourth-order valence-corrected chi connectivity index (χ4v) is 3.03. The maximum Gasteiger partial charge on any atom is 0.275 e. The third kappa shape index (κ3) is 2.73. The van der Waals surface area contributed by atoms with Crippen molar-refractivity contribution in [3.05, 3.63) is 45.4 Å². The van der Waals surface area contributed by atoms with Gasteiger partial charge in [-0.25, -0.2) is 4.98 Å². The van der Waals surface area contributed by atoms with Crippen LogP contribution in [0.25, 0.3) is 0 Å². The first-order chi connectivity index (χ1) is 9.61. The van der Waals surface area contributed by atoms with Crippen LogP contribution in [0, 0.1) is 6.92 Å². The monoisotopic (exact) mass is 287 g/mol. The van der Waals surface area contributed by atoms with E-state index in [0.717, 1.165) is 30.2 Å². The van der Waals surface area contributed by atoms with E-state index in [1.54, 1.807) is 5.38 Å². The number of fused-ring (bicyclic) bond motifs is 1. The maximum absolute atomic E-state index is 12.1. The third-order valence-electron chi connectivity index (χ3n) is 3.52. The lowest BCUT2D eigenvalue weighted by atomic mass is 9.99. The molecule has 1 aliphatic rings. The molecule has 1 aliphatic heterocycles. The van der Waals surface area contributed by atoms with Gasteiger partial charge in [-0.3, -0.25) is 4.79 Å². The summed E-state index contributed by atoms with van der Waals surface area (Å²) in [5.74, 6) is -0.140. The summed E-state index contributed by atoms with van der Waals surface area (Å²) in [6.07, 6.45) is 1.07. The molecule has 20 heavy (non-hydrogen) atoms. The summed E-state index contributed by atoms with van der Waals surface area (Å²) >= 11 is 1.49. The Labute approximate surface area is 122 Å². The molecule has 3 rings (SSSR count). The summed E-state index contributed by atoms with van der Waals surface area (Å²) in [6, 6.07) is 6.16. The average Bonchev–Trinajstić information content (AvgIpc) is 2.85. The van der Waals surface area contributed by atoms with Gasteiger partial charge in [-0.2, -0.15) is 0 Å². The SMILES string of the molecule is Cc1nc(C(=O)Nc2ccc3c(c2)CN(C)CC3)cs1. The van der Waals surface area contributed by atoms with Crippen LogP contribution in [0.3, 0.4) is 0 Å². The van der Waals surface area contributed by atoms with E-state index in [1.165, 1.54) is 22.5 Å². The van der Waals surface area contributed by atoms with E-state index in [9.17, 15) is 4.79 Å². The first-order valence-corrected chi connectivity index (χ1v) is 7.53. The van der Waals surface area contributed by atoms with Crippen molar-refractivity contribution in [3.8, 4) is 0 Å². The van der Waals surface area contributed by atoms with Crippen LogP contribution < -0.4 is 5.32 Å². The van der Waals surface area contributed by atoms with Gasteiger partial charge in [0, 0.05) is 24.2 Å². The van der Waals surface area contributed by atoms with Gasteiger partial charge in [0.2, 0.25) is 0 Å². The topological polar surface area (TPSA) is 45.2 Å². The molecule has 0 bridgehead atoms. The van der Waals surface area contributed by atoms with Gasteiger partial charge in [0.15, 0.2) is 0 Å². The predicted octanol–water partition coefficient (Wildman–Crippen LogP) is 2.69. The van der Waals surface area contributed by atoms with Gasteiger partial charge in [-0.15, -0.1) is 11.3 Å². The highest BCUT2D eigenvalue weighted by Gasteiger charge is 2.15. The van der Waals surface area contributed by atoms with Crippen LogP contribution in [0.1, 0.15) is 26.6 Å². The Kier molecular flexibility index (Phi) is 3.54. The minimum atomic E-state index is -0.140. The highest BCUT2D eigenvalue weighted by atomic mass is 32.1. The van der Waals surface area contributed by atoms with Crippen LogP contribution in [0.5, 0.6) is 0 Å². The zero-order valence-electron chi connectivity index (χ0n) is 11.6. The van der Waals surface area contributed by atoms with Crippen molar-refractivity contribution in [3.63, 3.8) is 0 Å². The van der Waals surface area contributed by atoms with E-state index >= 15 is 0 Å². The van der Waals surface area contributed by atoms with E-state index in [1.807, 2.05) is 13.0 Å². The second-order valence-corrected chi connectivity index (χ2v) is 6.24. The van der Waals surface area contributed by atoms with E-state index in [4.69, 9.17) is 0 Å². The molecular weight excluding hydrogens is 270 g/mol. The number of nitrogens with one attached hydrogen (secondary N) is 1. The lowest BCUT2D eigenvalue weighted by Gasteiger charge is -2.25. The molecule has 1 aromatic heterocycles. The largest absolute Gasteiger partial charge is 0.321 e. The molecule has 104 valence electrons. The molecule has 4 nitrogen and oxygen atoms in total. The second-order valence-electron chi connectivity index (χ2n) is 5.18. The summed E-state index contributed by atoms with van der Waals surface area (Å²) < 4.78 is 0. The number of nitrogens with zero attached hydrogens (tertiary/aromatic N) is 2. The quantitative estimate of drug-likeness (QED) is 0.923. The Balaban J connectivity index is 1.78. The lowest BCUT2D eigenvalue weighted by Crippen LogP contribution is -2.26. The number of hydrogen-bond acceptors (Lipinski definition) is 4. The van der Waals surface area contributed by atoms with Gasteiger partial charge in [0.1, 0.15) is 5.69 Å². The van der Waals surface area contributed by atoms with Gasteiger partial charge in [0.25, 0.3) is 5.91 Å². The number of aromatic nitrogens is 1. The molecule has 0 spiro atoms. The smallest absolute Gasteiger partial charge is 0.275 e. The van der Waals surface area contributed by atoms with Crippen molar-refractivity contribution < 1.29 is 4.79 Å². The number of thiazole rings is 1. The van der Waals surface area contributed by atoms with Crippen LogP contribution in [-0.2, 0) is 13.0 Å². The highest BCUT2D eigenvalue weighted by molar-refractivity contribution is 7.09. The molecule has 1 aromatic carbocycles. The zero-order chi connectivity index (χ0) is 14.1. The molecule has 0 saturated heterocycles. The first kappa shape index (κ1) is 13.3. The van der Waals surface area contributed by atoms with Crippen LogP contribution >= 0.6 is 11.3 Å². The number of rotatable bonds is 2. The summed E-state index contributed by atoms with van der Waals surface area (Å²) in [5.41, 5.74) is 4.01. The predicted molar refractivity (Wildman–Crippen MR) is 81.3 cm³/mol. The van der Waals surface area contributed by atoms with E-state index in [0.29, 0.717) is 5.69 Å². The molecule has 0 radical (unpaired) electrons. The molecule has 2 aromatic rings. The molecule has 1 N–H and O–H groups in total. The number of carbonyl (C=O) groups excluding carboxylic acids is 1. The normalized spacial score (nSPS) is 14.9. The fourth-order valence-electron chi connectivity index (χ4n) is 2.44. The number of likely N-dealkylation sites (N-methyl/N-ethyl adjacent to an activating group) is 1. The summed E-state index contributed by atoms with van der Waals surface area (Å²) in [4.78, 5) is 18.6. The molecule has 0 atom stereocenters. The molecule has 5 heteroatoms. The number of anilines is 1. The lowest BCUT2D eigenvalue weighted by molar-refractivity contribution is 0.102. The van der Waals surface area contributed by atoms with Crippen LogP contribution in [-0.4, -0.2) is 29.4 Å². The Hall–Kier alpha value is -1.72. The number of amides is 1. The Morgan fingerprint density at radius 1 is 1.40 bits per heavy atom. The molecule has 0 aliphatic carbocycles. The minimum Gasteiger partial charge on any atom is -0.321 e. The first-order valence-electron chi connectivity index (χ1n) is 6.65. The van der Waals surface area contributed by atoms with E-state index in [2.05, 4.69) is 34.4 Å².